The molecule has 1 aromatic heterocycles. The fraction of sp³-hybridized carbons (Fsp3) is 0.238. The maximum absolute atomic E-state index is 13.0. The molecule has 5 nitrogen and oxygen atoms in total. The highest BCUT2D eigenvalue weighted by Crippen LogP contribution is 2.34. The van der Waals surface area contributed by atoms with Gasteiger partial charge in [0, 0.05) is 23.2 Å². The van der Waals surface area contributed by atoms with E-state index in [1.54, 1.807) is 13.2 Å². The zero-order chi connectivity index (χ0) is 18.8. The first-order chi connectivity index (χ1) is 13.2. The van der Waals surface area contributed by atoms with Crippen molar-refractivity contribution >= 4 is 17.5 Å². The Balaban J connectivity index is 1.55. The van der Waals surface area contributed by atoms with Crippen molar-refractivity contribution < 1.29 is 14.1 Å². The first-order valence-corrected chi connectivity index (χ1v) is 9.21. The van der Waals surface area contributed by atoms with Gasteiger partial charge < -0.3 is 14.2 Å². The number of aromatic nitrogens is 1. The Labute approximate surface area is 162 Å². The number of benzene rings is 2. The van der Waals surface area contributed by atoms with Crippen LogP contribution in [-0.4, -0.2) is 29.6 Å². The van der Waals surface area contributed by atoms with E-state index in [9.17, 15) is 4.79 Å². The van der Waals surface area contributed by atoms with Gasteiger partial charge in [-0.3, -0.25) is 4.79 Å². The van der Waals surface area contributed by atoms with E-state index in [2.05, 4.69) is 5.16 Å². The van der Waals surface area contributed by atoms with Gasteiger partial charge in [0.15, 0.2) is 11.5 Å². The Bertz CT molecular complexity index is 935. The second kappa shape index (κ2) is 7.45. The first kappa shape index (κ1) is 17.6. The minimum Gasteiger partial charge on any atom is -0.497 e. The number of carbonyl (C=O) groups is 1. The average molecular weight is 383 g/mol. The van der Waals surface area contributed by atoms with E-state index in [0.29, 0.717) is 23.0 Å². The van der Waals surface area contributed by atoms with Crippen molar-refractivity contribution in [3.8, 4) is 17.1 Å². The normalized spacial score (nSPS) is 16.5. The Morgan fingerprint density at radius 3 is 2.63 bits per heavy atom. The van der Waals surface area contributed by atoms with Gasteiger partial charge in [-0.25, -0.2) is 0 Å². The van der Waals surface area contributed by atoms with Gasteiger partial charge in [0.05, 0.1) is 13.2 Å². The average Bonchev–Trinajstić information content (AvgIpc) is 3.38. The standard InChI is InChI=1S/C21H19ClN2O3/c1-26-17-10-6-15(7-11-17)20-13-18(23-27-20)21(25)24-12-2-3-19(24)14-4-8-16(22)9-5-14/h4-11,13,19H,2-3,12H2,1H3/t19-/m1/s1. The SMILES string of the molecule is COc1ccc(-c2cc(C(=O)N3CCC[C@@H]3c3ccc(Cl)cc3)no2)cc1. The molecule has 0 bridgehead atoms. The van der Waals surface area contributed by atoms with Gasteiger partial charge in [-0.05, 0) is 54.8 Å². The molecule has 4 rings (SSSR count). The highest BCUT2D eigenvalue weighted by molar-refractivity contribution is 6.30. The third-order valence-electron chi connectivity index (χ3n) is 4.87. The Morgan fingerprint density at radius 1 is 1.19 bits per heavy atom. The van der Waals surface area contributed by atoms with E-state index in [1.165, 1.54) is 0 Å². The Kier molecular flexibility index (Phi) is 4.86. The third-order valence-corrected chi connectivity index (χ3v) is 5.12. The molecule has 2 aromatic carbocycles. The lowest BCUT2D eigenvalue weighted by atomic mass is 10.0. The summed E-state index contributed by atoms with van der Waals surface area (Å²) in [6.45, 7) is 0.705. The molecule has 27 heavy (non-hydrogen) atoms. The van der Waals surface area contributed by atoms with Crippen LogP contribution in [0, 0.1) is 0 Å². The smallest absolute Gasteiger partial charge is 0.276 e. The lowest BCUT2D eigenvalue weighted by Crippen LogP contribution is -2.30. The van der Waals surface area contributed by atoms with Crippen LogP contribution in [0.3, 0.4) is 0 Å². The molecule has 0 spiro atoms. The number of methoxy groups -OCH3 is 1. The number of hydrogen-bond donors (Lipinski definition) is 0. The number of likely N-dealkylation sites (tertiary alicyclic amines) is 1. The molecule has 0 saturated carbocycles. The van der Waals surface area contributed by atoms with Crippen LogP contribution in [-0.2, 0) is 0 Å². The number of rotatable bonds is 4. The lowest BCUT2D eigenvalue weighted by molar-refractivity contribution is 0.0725. The molecular formula is C21H19ClN2O3. The van der Waals surface area contributed by atoms with Crippen molar-refractivity contribution in [1.82, 2.24) is 10.1 Å². The number of carbonyl (C=O) groups excluding carboxylic acids is 1. The molecule has 0 unspecified atom stereocenters. The van der Waals surface area contributed by atoms with Gasteiger partial charge in [-0.1, -0.05) is 28.9 Å². The number of amides is 1. The second-order valence-electron chi connectivity index (χ2n) is 6.51. The summed E-state index contributed by atoms with van der Waals surface area (Å²) in [4.78, 5) is 14.9. The molecule has 1 aliphatic rings. The second-order valence-corrected chi connectivity index (χ2v) is 6.95. The van der Waals surface area contributed by atoms with Crippen molar-refractivity contribution in [2.24, 2.45) is 0 Å². The molecule has 138 valence electrons. The van der Waals surface area contributed by atoms with E-state index < -0.39 is 0 Å². The van der Waals surface area contributed by atoms with Gasteiger partial charge in [0.25, 0.3) is 5.91 Å². The van der Waals surface area contributed by atoms with Crippen LogP contribution in [0.1, 0.15) is 34.9 Å². The molecule has 0 N–H and O–H groups in total. The van der Waals surface area contributed by atoms with Crippen molar-refractivity contribution in [2.75, 3.05) is 13.7 Å². The van der Waals surface area contributed by atoms with E-state index in [1.807, 2.05) is 53.4 Å². The monoisotopic (exact) mass is 382 g/mol. The predicted molar refractivity (Wildman–Crippen MR) is 103 cm³/mol. The van der Waals surface area contributed by atoms with Crippen molar-refractivity contribution in [3.05, 3.63) is 70.9 Å². The van der Waals surface area contributed by atoms with Gasteiger partial charge in [-0.15, -0.1) is 0 Å². The highest BCUT2D eigenvalue weighted by Gasteiger charge is 2.32. The molecule has 3 aromatic rings. The van der Waals surface area contributed by atoms with Crippen LogP contribution >= 0.6 is 11.6 Å². The number of halogens is 1. The molecule has 0 radical (unpaired) electrons. The topological polar surface area (TPSA) is 55.6 Å². The minimum absolute atomic E-state index is 0.0379. The van der Waals surface area contributed by atoms with Crippen LogP contribution < -0.4 is 4.74 Å². The van der Waals surface area contributed by atoms with Gasteiger partial charge in [0.2, 0.25) is 0 Å². The summed E-state index contributed by atoms with van der Waals surface area (Å²) in [6.07, 6.45) is 1.89. The number of ether oxygens (including phenoxy) is 1. The Morgan fingerprint density at radius 2 is 1.93 bits per heavy atom. The number of hydrogen-bond acceptors (Lipinski definition) is 4. The van der Waals surface area contributed by atoms with E-state index in [-0.39, 0.29) is 11.9 Å². The van der Waals surface area contributed by atoms with Crippen LogP contribution in [0.4, 0.5) is 0 Å². The maximum Gasteiger partial charge on any atom is 0.276 e. The van der Waals surface area contributed by atoms with Crippen LogP contribution in [0.25, 0.3) is 11.3 Å². The molecule has 1 saturated heterocycles. The highest BCUT2D eigenvalue weighted by atomic mass is 35.5. The van der Waals surface area contributed by atoms with E-state index in [4.69, 9.17) is 20.9 Å². The van der Waals surface area contributed by atoms with E-state index >= 15 is 0 Å². The van der Waals surface area contributed by atoms with Crippen LogP contribution in [0.5, 0.6) is 5.75 Å². The molecule has 1 aliphatic heterocycles. The summed E-state index contributed by atoms with van der Waals surface area (Å²) in [7, 11) is 1.62. The van der Waals surface area contributed by atoms with Crippen molar-refractivity contribution in [3.63, 3.8) is 0 Å². The number of nitrogens with zero attached hydrogens (tertiary/aromatic N) is 2. The first-order valence-electron chi connectivity index (χ1n) is 8.83. The molecule has 2 heterocycles. The van der Waals surface area contributed by atoms with Crippen LogP contribution in [0.2, 0.25) is 5.02 Å². The van der Waals surface area contributed by atoms with Gasteiger partial charge in [-0.2, -0.15) is 0 Å². The molecule has 6 heteroatoms. The predicted octanol–water partition coefficient (Wildman–Crippen LogP) is 4.98. The van der Waals surface area contributed by atoms with Crippen molar-refractivity contribution in [2.45, 2.75) is 18.9 Å². The Hall–Kier alpha value is -2.79. The zero-order valence-electron chi connectivity index (χ0n) is 14.9. The zero-order valence-corrected chi connectivity index (χ0v) is 15.6. The van der Waals surface area contributed by atoms with Gasteiger partial charge >= 0.3 is 0 Å². The quantitative estimate of drug-likeness (QED) is 0.638. The molecular weight excluding hydrogens is 364 g/mol. The lowest BCUT2D eigenvalue weighted by Gasteiger charge is -2.24. The minimum atomic E-state index is -0.115. The summed E-state index contributed by atoms with van der Waals surface area (Å²) in [5, 5.41) is 4.69. The molecule has 0 aliphatic carbocycles. The fourth-order valence-electron chi connectivity index (χ4n) is 3.46. The van der Waals surface area contributed by atoms with Crippen molar-refractivity contribution in [1.29, 1.82) is 0 Å². The van der Waals surface area contributed by atoms with Crippen LogP contribution in [0.15, 0.2) is 59.1 Å². The summed E-state index contributed by atoms with van der Waals surface area (Å²) in [6, 6.07) is 16.8. The summed E-state index contributed by atoms with van der Waals surface area (Å²) >= 11 is 5.98. The summed E-state index contributed by atoms with van der Waals surface area (Å²) in [5.74, 6) is 1.21. The molecule has 1 amide bonds. The largest absolute Gasteiger partial charge is 0.497 e. The molecule has 1 atom stereocenters. The maximum atomic E-state index is 13.0. The summed E-state index contributed by atoms with van der Waals surface area (Å²) < 4.78 is 10.6. The van der Waals surface area contributed by atoms with E-state index in [0.717, 1.165) is 29.7 Å². The molecule has 1 fully saturated rings. The summed E-state index contributed by atoms with van der Waals surface area (Å²) in [5.41, 5.74) is 2.25. The fourth-order valence-corrected chi connectivity index (χ4v) is 3.58. The third kappa shape index (κ3) is 3.55. The van der Waals surface area contributed by atoms with Gasteiger partial charge in [0.1, 0.15) is 5.75 Å².